The third-order valence-electron chi connectivity index (χ3n) is 2.10. The molecule has 0 aliphatic heterocycles. The second kappa shape index (κ2) is 6.45. The molecular formula is C10H7BrN4O5S. The Hall–Kier alpha value is -2.27. The Labute approximate surface area is 128 Å². The SMILES string of the molecule is O=C(COC(=O)c1c[nH]c(=O)[nH]c1=O)Nc1ncc(Br)s1. The summed E-state index contributed by atoms with van der Waals surface area (Å²) < 4.78 is 5.39. The normalized spacial score (nSPS) is 10.1. The van der Waals surface area contributed by atoms with E-state index in [4.69, 9.17) is 0 Å². The maximum absolute atomic E-state index is 11.6. The Balaban J connectivity index is 1.93. The highest BCUT2D eigenvalue weighted by Crippen LogP contribution is 2.22. The zero-order valence-corrected chi connectivity index (χ0v) is 12.5. The monoisotopic (exact) mass is 374 g/mol. The molecule has 0 aromatic carbocycles. The first kappa shape index (κ1) is 15.1. The third kappa shape index (κ3) is 4.10. The van der Waals surface area contributed by atoms with Crippen molar-refractivity contribution in [2.24, 2.45) is 0 Å². The molecule has 0 aliphatic rings. The molecule has 2 rings (SSSR count). The average molecular weight is 375 g/mol. The first-order valence-corrected chi connectivity index (χ1v) is 6.97. The first-order valence-electron chi connectivity index (χ1n) is 5.36. The van der Waals surface area contributed by atoms with Crippen molar-refractivity contribution in [3.05, 3.63) is 42.6 Å². The van der Waals surface area contributed by atoms with E-state index in [0.717, 1.165) is 9.98 Å². The Morgan fingerprint density at radius 1 is 1.43 bits per heavy atom. The van der Waals surface area contributed by atoms with E-state index in [1.54, 1.807) is 0 Å². The van der Waals surface area contributed by atoms with Crippen LogP contribution in [0.1, 0.15) is 10.4 Å². The summed E-state index contributed by atoms with van der Waals surface area (Å²) in [6.07, 6.45) is 2.42. The molecule has 9 nitrogen and oxygen atoms in total. The summed E-state index contributed by atoms with van der Waals surface area (Å²) in [6.45, 7) is -0.589. The predicted molar refractivity (Wildman–Crippen MR) is 76.4 cm³/mol. The summed E-state index contributed by atoms with van der Waals surface area (Å²) >= 11 is 4.37. The number of hydrogen-bond donors (Lipinski definition) is 3. The van der Waals surface area contributed by atoms with Gasteiger partial charge >= 0.3 is 11.7 Å². The summed E-state index contributed by atoms with van der Waals surface area (Å²) in [4.78, 5) is 53.1. The predicted octanol–water partition coefficient (Wildman–Crippen LogP) is 0.0777. The van der Waals surface area contributed by atoms with E-state index >= 15 is 0 Å². The summed E-state index contributed by atoms with van der Waals surface area (Å²) in [5.74, 6) is -1.63. The molecule has 0 spiro atoms. The molecule has 0 atom stereocenters. The minimum Gasteiger partial charge on any atom is -0.452 e. The van der Waals surface area contributed by atoms with Crippen LogP contribution < -0.4 is 16.6 Å². The van der Waals surface area contributed by atoms with Gasteiger partial charge in [0.05, 0.1) is 9.98 Å². The van der Waals surface area contributed by atoms with E-state index in [1.165, 1.54) is 17.5 Å². The average Bonchev–Trinajstić information content (AvgIpc) is 2.81. The highest BCUT2D eigenvalue weighted by Gasteiger charge is 2.15. The van der Waals surface area contributed by atoms with Gasteiger partial charge in [0.1, 0.15) is 5.56 Å². The van der Waals surface area contributed by atoms with Gasteiger partial charge in [-0.1, -0.05) is 11.3 Å². The van der Waals surface area contributed by atoms with E-state index in [-0.39, 0.29) is 0 Å². The van der Waals surface area contributed by atoms with Crippen molar-refractivity contribution in [2.45, 2.75) is 0 Å². The van der Waals surface area contributed by atoms with Crippen LogP contribution in [0.15, 0.2) is 25.8 Å². The number of amides is 1. The number of nitrogens with zero attached hydrogens (tertiary/aromatic N) is 1. The molecule has 21 heavy (non-hydrogen) atoms. The number of halogens is 1. The molecule has 3 N–H and O–H groups in total. The first-order chi connectivity index (χ1) is 9.95. The van der Waals surface area contributed by atoms with E-state index < -0.39 is 35.3 Å². The van der Waals surface area contributed by atoms with Crippen LogP contribution in [-0.4, -0.2) is 33.4 Å². The van der Waals surface area contributed by atoms with Crippen molar-refractivity contribution in [3.63, 3.8) is 0 Å². The number of nitrogens with one attached hydrogen (secondary N) is 3. The van der Waals surface area contributed by atoms with Crippen LogP contribution in [0.5, 0.6) is 0 Å². The number of aromatic amines is 2. The molecule has 2 aromatic heterocycles. The van der Waals surface area contributed by atoms with E-state index in [2.05, 4.69) is 36.0 Å². The van der Waals surface area contributed by atoms with Gasteiger partial charge in [0.15, 0.2) is 11.7 Å². The van der Waals surface area contributed by atoms with Crippen molar-refractivity contribution in [3.8, 4) is 0 Å². The van der Waals surface area contributed by atoms with E-state index in [9.17, 15) is 19.2 Å². The number of carbonyl (C=O) groups excluding carboxylic acids is 2. The molecule has 0 fully saturated rings. The van der Waals surface area contributed by atoms with E-state index in [1.807, 2.05) is 4.98 Å². The van der Waals surface area contributed by atoms with Gasteiger partial charge < -0.3 is 9.72 Å². The maximum atomic E-state index is 11.6. The van der Waals surface area contributed by atoms with Crippen LogP contribution in [0.4, 0.5) is 5.13 Å². The number of ether oxygens (including phenoxy) is 1. The molecule has 110 valence electrons. The zero-order chi connectivity index (χ0) is 15.4. The van der Waals surface area contributed by atoms with Gasteiger partial charge in [-0.15, -0.1) is 0 Å². The minimum atomic E-state index is -1.03. The van der Waals surface area contributed by atoms with Gasteiger partial charge in [-0.25, -0.2) is 14.6 Å². The lowest BCUT2D eigenvalue weighted by Crippen LogP contribution is -2.29. The quantitative estimate of drug-likeness (QED) is 0.648. The van der Waals surface area contributed by atoms with Crippen LogP contribution in [0.25, 0.3) is 0 Å². The highest BCUT2D eigenvalue weighted by atomic mass is 79.9. The molecule has 1 amide bonds. The maximum Gasteiger partial charge on any atom is 0.345 e. The molecule has 0 saturated heterocycles. The van der Waals surface area contributed by atoms with Crippen LogP contribution in [0.3, 0.4) is 0 Å². The lowest BCUT2D eigenvalue weighted by atomic mass is 10.3. The number of aromatic nitrogens is 3. The van der Waals surface area contributed by atoms with Gasteiger partial charge in [0.2, 0.25) is 0 Å². The van der Waals surface area contributed by atoms with Gasteiger partial charge in [-0.3, -0.25) is 19.9 Å². The number of rotatable bonds is 4. The molecule has 11 heteroatoms. The molecular weight excluding hydrogens is 368 g/mol. The topological polar surface area (TPSA) is 134 Å². The van der Waals surface area contributed by atoms with Gasteiger partial charge in [0.25, 0.3) is 11.5 Å². The molecule has 2 aromatic rings. The van der Waals surface area contributed by atoms with Crippen molar-refractivity contribution in [1.29, 1.82) is 0 Å². The van der Waals surface area contributed by atoms with E-state index in [0.29, 0.717) is 5.13 Å². The number of thiazole rings is 1. The summed E-state index contributed by atoms with van der Waals surface area (Å²) in [5.41, 5.74) is -2.05. The Morgan fingerprint density at radius 2 is 2.19 bits per heavy atom. The van der Waals surface area contributed by atoms with Crippen LogP contribution in [0.2, 0.25) is 0 Å². The van der Waals surface area contributed by atoms with Crippen LogP contribution in [-0.2, 0) is 9.53 Å². The molecule has 0 bridgehead atoms. The van der Waals surface area contributed by atoms with Crippen molar-refractivity contribution < 1.29 is 14.3 Å². The lowest BCUT2D eigenvalue weighted by Gasteiger charge is -2.03. The van der Waals surface area contributed by atoms with Gasteiger partial charge in [0, 0.05) is 6.20 Å². The van der Waals surface area contributed by atoms with Crippen LogP contribution >= 0.6 is 27.3 Å². The number of anilines is 1. The lowest BCUT2D eigenvalue weighted by molar-refractivity contribution is -0.119. The molecule has 0 aliphatic carbocycles. The van der Waals surface area contributed by atoms with Gasteiger partial charge in [-0.2, -0.15) is 0 Å². The second-order valence-electron chi connectivity index (χ2n) is 3.58. The number of esters is 1. The number of H-pyrrole nitrogens is 2. The summed E-state index contributed by atoms with van der Waals surface area (Å²) in [7, 11) is 0. The number of hydrogen-bond acceptors (Lipinski definition) is 7. The molecule has 0 saturated carbocycles. The van der Waals surface area contributed by atoms with Crippen LogP contribution in [0, 0.1) is 0 Å². The Morgan fingerprint density at radius 3 is 2.81 bits per heavy atom. The third-order valence-corrected chi connectivity index (χ3v) is 3.49. The molecule has 0 unspecified atom stereocenters. The summed E-state index contributed by atoms with van der Waals surface area (Å²) in [5, 5.41) is 2.75. The fraction of sp³-hybridized carbons (Fsp3) is 0.100. The minimum absolute atomic E-state index is 0.338. The highest BCUT2D eigenvalue weighted by molar-refractivity contribution is 9.11. The van der Waals surface area contributed by atoms with Crippen molar-refractivity contribution in [1.82, 2.24) is 15.0 Å². The number of carbonyl (C=O) groups is 2. The summed E-state index contributed by atoms with van der Waals surface area (Å²) in [6, 6.07) is 0. The fourth-order valence-electron chi connectivity index (χ4n) is 1.24. The van der Waals surface area contributed by atoms with Crippen molar-refractivity contribution in [2.75, 3.05) is 11.9 Å². The second-order valence-corrected chi connectivity index (χ2v) is 5.99. The van der Waals surface area contributed by atoms with Crippen molar-refractivity contribution >= 4 is 44.3 Å². The Bertz CT molecular complexity index is 795. The Kier molecular flexibility index (Phi) is 4.65. The van der Waals surface area contributed by atoms with Gasteiger partial charge in [-0.05, 0) is 15.9 Å². The smallest absolute Gasteiger partial charge is 0.345 e. The largest absolute Gasteiger partial charge is 0.452 e. The standard InChI is InChI=1S/C10H7BrN4O5S/c11-5-2-13-10(21-5)14-6(16)3-20-8(18)4-1-12-9(19)15-7(4)17/h1-2H,3H2,(H,13,14,16)(H2,12,15,17,19). The molecule has 2 heterocycles. The zero-order valence-electron chi connectivity index (χ0n) is 10.1. The molecule has 0 radical (unpaired) electrons. The fourth-order valence-corrected chi connectivity index (χ4v) is 2.36.